The molecule has 90 valence electrons. The summed E-state index contributed by atoms with van der Waals surface area (Å²) in [6, 6.07) is 15.3. The third-order valence-corrected chi connectivity index (χ3v) is 3.82. The quantitative estimate of drug-likeness (QED) is 0.851. The largest absolute Gasteiger partial charge is 0.324 e. The Morgan fingerprint density at radius 1 is 1.00 bits per heavy atom. The fourth-order valence-electron chi connectivity index (χ4n) is 2.49. The van der Waals surface area contributed by atoms with Gasteiger partial charge >= 0.3 is 0 Å². The van der Waals surface area contributed by atoms with Crippen molar-refractivity contribution in [1.82, 2.24) is 0 Å². The van der Waals surface area contributed by atoms with Crippen LogP contribution in [-0.2, 0) is 0 Å². The van der Waals surface area contributed by atoms with Crippen molar-refractivity contribution in [1.29, 1.82) is 0 Å². The summed E-state index contributed by atoms with van der Waals surface area (Å²) in [6.45, 7) is 0. The highest BCUT2D eigenvalue weighted by atomic mass is 35.5. The Labute approximate surface area is 108 Å². The van der Waals surface area contributed by atoms with Crippen LogP contribution >= 0.6 is 12.4 Å². The SMILES string of the molecule is Cl.N[C@@H](c1ccc2ccccc2c1)C1CCC1. The summed E-state index contributed by atoms with van der Waals surface area (Å²) in [4.78, 5) is 0. The van der Waals surface area contributed by atoms with Gasteiger partial charge in [0, 0.05) is 6.04 Å². The van der Waals surface area contributed by atoms with E-state index in [-0.39, 0.29) is 18.4 Å². The molecule has 1 aliphatic carbocycles. The molecule has 1 saturated carbocycles. The highest BCUT2D eigenvalue weighted by Gasteiger charge is 2.25. The average molecular weight is 248 g/mol. The minimum Gasteiger partial charge on any atom is -0.324 e. The van der Waals surface area contributed by atoms with Crippen LogP contribution < -0.4 is 5.73 Å². The van der Waals surface area contributed by atoms with Gasteiger partial charge in [-0.05, 0) is 41.2 Å². The Morgan fingerprint density at radius 3 is 2.35 bits per heavy atom. The molecule has 0 aromatic heterocycles. The summed E-state index contributed by atoms with van der Waals surface area (Å²) < 4.78 is 0. The van der Waals surface area contributed by atoms with Crippen molar-refractivity contribution >= 4 is 23.2 Å². The summed E-state index contributed by atoms with van der Waals surface area (Å²) in [7, 11) is 0. The van der Waals surface area contributed by atoms with Gasteiger partial charge in [0.2, 0.25) is 0 Å². The minimum atomic E-state index is 0. The van der Waals surface area contributed by atoms with Crippen molar-refractivity contribution < 1.29 is 0 Å². The van der Waals surface area contributed by atoms with Gasteiger partial charge in [0.05, 0.1) is 0 Å². The van der Waals surface area contributed by atoms with Crippen LogP contribution in [0, 0.1) is 5.92 Å². The predicted octanol–water partition coefficient (Wildman–Crippen LogP) is 4.06. The highest BCUT2D eigenvalue weighted by molar-refractivity contribution is 5.85. The van der Waals surface area contributed by atoms with E-state index in [0.29, 0.717) is 5.92 Å². The first-order valence-corrected chi connectivity index (χ1v) is 6.09. The fraction of sp³-hybridized carbons (Fsp3) is 0.333. The van der Waals surface area contributed by atoms with E-state index < -0.39 is 0 Å². The lowest BCUT2D eigenvalue weighted by Crippen LogP contribution is -2.26. The van der Waals surface area contributed by atoms with Crippen LogP contribution in [0.1, 0.15) is 30.9 Å². The van der Waals surface area contributed by atoms with Crippen molar-refractivity contribution in [3.63, 3.8) is 0 Å². The molecule has 0 radical (unpaired) electrons. The highest BCUT2D eigenvalue weighted by Crippen LogP contribution is 2.36. The second-order valence-electron chi connectivity index (χ2n) is 4.82. The van der Waals surface area contributed by atoms with Crippen LogP contribution in [0.25, 0.3) is 10.8 Å². The van der Waals surface area contributed by atoms with Gasteiger partial charge in [-0.2, -0.15) is 0 Å². The molecule has 0 bridgehead atoms. The van der Waals surface area contributed by atoms with Gasteiger partial charge in [0.1, 0.15) is 0 Å². The maximum Gasteiger partial charge on any atom is 0.0323 e. The average Bonchev–Trinajstić information content (AvgIpc) is 2.26. The van der Waals surface area contributed by atoms with Crippen LogP contribution in [0.15, 0.2) is 42.5 Å². The molecule has 1 nitrogen and oxygen atoms in total. The molecule has 1 atom stereocenters. The number of hydrogen-bond donors (Lipinski definition) is 1. The van der Waals surface area contributed by atoms with Crippen LogP contribution in [0.4, 0.5) is 0 Å². The molecule has 0 amide bonds. The Hall–Kier alpha value is -1.05. The minimum absolute atomic E-state index is 0. The molecule has 3 rings (SSSR count). The van der Waals surface area contributed by atoms with Gasteiger partial charge in [-0.25, -0.2) is 0 Å². The van der Waals surface area contributed by atoms with E-state index in [2.05, 4.69) is 42.5 Å². The Balaban J connectivity index is 0.00000108. The molecule has 17 heavy (non-hydrogen) atoms. The van der Waals surface area contributed by atoms with Crippen LogP contribution in [0.3, 0.4) is 0 Å². The van der Waals surface area contributed by atoms with Crippen molar-refractivity contribution in [3.05, 3.63) is 48.0 Å². The van der Waals surface area contributed by atoms with Crippen LogP contribution in [-0.4, -0.2) is 0 Å². The maximum absolute atomic E-state index is 6.29. The zero-order valence-electron chi connectivity index (χ0n) is 9.80. The molecular weight excluding hydrogens is 230 g/mol. The van der Waals surface area contributed by atoms with E-state index in [9.17, 15) is 0 Å². The molecular formula is C15H18ClN. The first kappa shape index (κ1) is 12.4. The molecule has 0 heterocycles. The molecule has 0 saturated heterocycles. The maximum atomic E-state index is 6.29. The lowest BCUT2D eigenvalue weighted by Gasteiger charge is -2.31. The number of hydrogen-bond acceptors (Lipinski definition) is 1. The lowest BCUT2D eigenvalue weighted by molar-refractivity contribution is 0.264. The summed E-state index contributed by atoms with van der Waals surface area (Å²) in [5.74, 6) is 0.709. The molecule has 2 N–H and O–H groups in total. The molecule has 2 aromatic carbocycles. The third kappa shape index (κ3) is 2.31. The van der Waals surface area contributed by atoms with Gasteiger partial charge in [-0.15, -0.1) is 12.4 Å². The van der Waals surface area contributed by atoms with Crippen molar-refractivity contribution in [2.75, 3.05) is 0 Å². The summed E-state index contributed by atoms with van der Waals surface area (Å²) in [5, 5.41) is 2.60. The smallest absolute Gasteiger partial charge is 0.0323 e. The summed E-state index contributed by atoms with van der Waals surface area (Å²) >= 11 is 0. The fourth-order valence-corrected chi connectivity index (χ4v) is 2.49. The van der Waals surface area contributed by atoms with E-state index in [0.717, 1.165) is 0 Å². The van der Waals surface area contributed by atoms with E-state index in [1.165, 1.54) is 35.6 Å². The van der Waals surface area contributed by atoms with Gasteiger partial charge < -0.3 is 5.73 Å². The topological polar surface area (TPSA) is 26.0 Å². The zero-order valence-corrected chi connectivity index (χ0v) is 10.6. The van der Waals surface area contributed by atoms with Crippen LogP contribution in [0.2, 0.25) is 0 Å². The van der Waals surface area contributed by atoms with Gasteiger partial charge in [0.25, 0.3) is 0 Å². The molecule has 0 unspecified atom stereocenters. The number of fused-ring (bicyclic) bond motifs is 1. The second-order valence-corrected chi connectivity index (χ2v) is 4.82. The number of rotatable bonds is 2. The first-order valence-electron chi connectivity index (χ1n) is 6.09. The van der Waals surface area contributed by atoms with Crippen molar-refractivity contribution in [2.24, 2.45) is 11.7 Å². The van der Waals surface area contributed by atoms with Crippen LogP contribution in [0.5, 0.6) is 0 Å². The van der Waals surface area contributed by atoms with Gasteiger partial charge in [0.15, 0.2) is 0 Å². The van der Waals surface area contributed by atoms with Crippen molar-refractivity contribution in [2.45, 2.75) is 25.3 Å². The second kappa shape index (κ2) is 5.07. The lowest BCUT2D eigenvalue weighted by atomic mass is 9.77. The molecule has 2 heteroatoms. The molecule has 1 fully saturated rings. The molecule has 0 aliphatic heterocycles. The number of benzene rings is 2. The predicted molar refractivity (Wildman–Crippen MR) is 75.5 cm³/mol. The standard InChI is InChI=1S/C15H17N.ClH/c16-15(12-6-3-7-12)14-9-8-11-4-1-2-5-13(11)10-14;/h1-2,4-5,8-10,12,15H,3,6-7,16H2;1H/t15-;/m1./s1. The molecule has 2 aromatic rings. The molecule has 0 spiro atoms. The normalized spacial score (nSPS) is 17.2. The monoisotopic (exact) mass is 247 g/mol. The summed E-state index contributed by atoms with van der Waals surface area (Å²) in [6.07, 6.45) is 3.95. The van der Waals surface area contributed by atoms with E-state index in [1.54, 1.807) is 0 Å². The van der Waals surface area contributed by atoms with E-state index in [1.807, 2.05) is 0 Å². The van der Waals surface area contributed by atoms with E-state index in [4.69, 9.17) is 5.73 Å². The first-order chi connectivity index (χ1) is 7.84. The van der Waals surface area contributed by atoms with Crippen molar-refractivity contribution in [3.8, 4) is 0 Å². The molecule has 1 aliphatic rings. The Morgan fingerprint density at radius 2 is 1.71 bits per heavy atom. The van der Waals surface area contributed by atoms with Gasteiger partial charge in [-0.1, -0.05) is 42.8 Å². The zero-order chi connectivity index (χ0) is 11.0. The summed E-state index contributed by atoms with van der Waals surface area (Å²) in [5.41, 5.74) is 7.59. The Bertz CT molecular complexity index is 505. The number of halogens is 1. The van der Waals surface area contributed by atoms with Gasteiger partial charge in [-0.3, -0.25) is 0 Å². The van der Waals surface area contributed by atoms with E-state index >= 15 is 0 Å². The third-order valence-electron chi connectivity index (χ3n) is 3.82. The Kier molecular flexibility index (Phi) is 3.70. The number of nitrogens with two attached hydrogens (primary N) is 1.